The Hall–Kier alpha value is -2.62. The van der Waals surface area contributed by atoms with E-state index in [0.29, 0.717) is 17.7 Å². The Balaban J connectivity index is 1.63. The number of hydrogen-bond donors (Lipinski definition) is 2. The molecule has 0 heterocycles. The quantitative estimate of drug-likeness (QED) is 0.865. The fraction of sp³-hybridized carbons (Fsp3) is 0.364. The van der Waals surface area contributed by atoms with Crippen LogP contribution in [-0.4, -0.2) is 17.4 Å². The van der Waals surface area contributed by atoms with E-state index in [1.165, 1.54) is 11.1 Å². The molecule has 26 heavy (non-hydrogen) atoms. The predicted molar refractivity (Wildman–Crippen MR) is 104 cm³/mol. The van der Waals surface area contributed by atoms with E-state index in [0.717, 1.165) is 12.8 Å². The van der Waals surface area contributed by atoms with Crippen molar-refractivity contribution in [3.05, 3.63) is 65.2 Å². The average molecular weight is 350 g/mol. The number of carbonyl (C=O) groups is 2. The van der Waals surface area contributed by atoms with Crippen molar-refractivity contribution < 1.29 is 9.59 Å². The summed E-state index contributed by atoms with van der Waals surface area (Å²) in [5, 5.41) is 5.87. The molecule has 0 aromatic heterocycles. The van der Waals surface area contributed by atoms with Gasteiger partial charge in [-0.2, -0.15) is 0 Å². The lowest BCUT2D eigenvalue weighted by Gasteiger charge is -2.20. The first kappa shape index (κ1) is 18.2. The van der Waals surface area contributed by atoms with Crippen LogP contribution >= 0.6 is 0 Å². The molecule has 0 bridgehead atoms. The van der Waals surface area contributed by atoms with E-state index in [9.17, 15) is 9.59 Å². The van der Waals surface area contributed by atoms with E-state index in [4.69, 9.17) is 0 Å². The Kier molecular flexibility index (Phi) is 5.12. The highest BCUT2D eigenvalue weighted by Gasteiger charge is 2.24. The van der Waals surface area contributed by atoms with Crippen LogP contribution in [0.4, 0.5) is 5.69 Å². The number of amides is 2. The Bertz CT molecular complexity index is 821. The first-order chi connectivity index (χ1) is 12.3. The molecule has 1 aliphatic carbocycles. The second-order valence-electron chi connectivity index (χ2n) is 7.97. The van der Waals surface area contributed by atoms with E-state index in [1.54, 1.807) is 18.2 Å². The normalized spacial score (nSPS) is 16.0. The third-order valence-corrected chi connectivity index (χ3v) is 4.59. The smallest absolute Gasteiger partial charge is 0.251 e. The molecule has 2 N–H and O–H groups in total. The number of anilines is 1. The molecule has 1 unspecified atom stereocenters. The Morgan fingerprint density at radius 2 is 1.85 bits per heavy atom. The lowest BCUT2D eigenvalue weighted by atomic mass is 9.97. The number of rotatable bonds is 4. The molecule has 2 aromatic rings. The minimum Gasteiger partial charge on any atom is -0.347 e. The van der Waals surface area contributed by atoms with Crippen LogP contribution in [0.5, 0.6) is 0 Å². The summed E-state index contributed by atoms with van der Waals surface area (Å²) in [5.41, 5.74) is 3.55. The van der Waals surface area contributed by atoms with Gasteiger partial charge < -0.3 is 10.6 Å². The third kappa shape index (κ3) is 4.51. The SMILES string of the molecule is CC(C)(C)NC(=O)c1cccc(NC(=O)CC2CCc3ccccc32)c1. The van der Waals surface area contributed by atoms with E-state index < -0.39 is 0 Å². The summed E-state index contributed by atoms with van der Waals surface area (Å²) in [4.78, 5) is 24.8. The molecular formula is C22H26N2O2. The van der Waals surface area contributed by atoms with Crippen molar-refractivity contribution in [1.82, 2.24) is 5.32 Å². The van der Waals surface area contributed by atoms with Crippen molar-refractivity contribution in [1.29, 1.82) is 0 Å². The molecule has 3 rings (SSSR count). The lowest BCUT2D eigenvalue weighted by Crippen LogP contribution is -2.40. The Labute approximate surface area is 155 Å². The van der Waals surface area contributed by atoms with Crippen molar-refractivity contribution in [2.75, 3.05) is 5.32 Å². The van der Waals surface area contributed by atoms with Crippen molar-refractivity contribution in [3.63, 3.8) is 0 Å². The van der Waals surface area contributed by atoms with Gasteiger partial charge in [-0.1, -0.05) is 30.3 Å². The molecule has 4 heteroatoms. The van der Waals surface area contributed by atoms with Crippen molar-refractivity contribution in [3.8, 4) is 0 Å². The van der Waals surface area contributed by atoms with Gasteiger partial charge in [-0.15, -0.1) is 0 Å². The first-order valence-electron chi connectivity index (χ1n) is 9.12. The van der Waals surface area contributed by atoms with Crippen LogP contribution < -0.4 is 10.6 Å². The molecule has 0 aliphatic heterocycles. The fourth-order valence-electron chi connectivity index (χ4n) is 3.44. The zero-order chi connectivity index (χ0) is 18.7. The van der Waals surface area contributed by atoms with Gasteiger partial charge in [0.25, 0.3) is 5.91 Å². The maximum atomic E-state index is 12.5. The Morgan fingerprint density at radius 3 is 2.62 bits per heavy atom. The molecule has 136 valence electrons. The summed E-state index contributed by atoms with van der Waals surface area (Å²) in [6.07, 6.45) is 2.52. The van der Waals surface area contributed by atoms with Crippen molar-refractivity contribution in [2.24, 2.45) is 0 Å². The van der Waals surface area contributed by atoms with Gasteiger partial charge in [0.05, 0.1) is 0 Å². The van der Waals surface area contributed by atoms with Crippen LogP contribution in [0.3, 0.4) is 0 Å². The van der Waals surface area contributed by atoms with Gasteiger partial charge in [0.1, 0.15) is 0 Å². The monoisotopic (exact) mass is 350 g/mol. The highest BCUT2D eigenvalue weighted by atomic mass is 16.2. The van der Waals surface area contributed by atoms with E-state index in [1.807, 2.05) is 32.9 Å². The van der Waals surface area contributed by atoms with Gasteiger partial charge in [-0.3, -0.25) is 9.59 Å². The Morgan fingerprint density at radius 1 is 1.08 bits per heavy atom. The van der Waals surface area contributed by atoms with Gasteiger partial charge in [-0.25, -0.2) is 0 Å². The summed E-state index contributed by atoms with van der Waals surface area (Å²) in [6, 6.07) is 15.4. The summed E-state index contributed by atoms with van der Waals surface area (Å²) in [5.74, 6) is 0.122. The van der Waals surface area contributed by atoms with Crippen LogP contribution in [0.25, 0.3) is 0 Å². The standard InChI is InChI=1S/C22H26N2O2/c1-22(2,3)24-21(26)17-8-6-9-18(13-17)23-20(25)14-16-12-11-15-7-4-5-10-19(15)16/h4-10,13,16H,11-12,14H2,1-3H3,(H,23,25)(H,24,26). The largest absolute Gasteiger partial charge is 0.347 e. The lowest BCUT2D eigenvalue weighted by molar-refractivity contribution is -0.116. The van der Waals surface area contributed by atoms with Crippen LogP contribution in [0, 0.1) is 0 Å². The number of nitrogens with one attached hydrogen (secondary N) is 2. The molecule has 0 saturated carbocycles. The molecule has 1 atom stereocenters. The molecule has 0 spiro atoms. The maximum absolute atomic E-state index is 12.5. The van der Waals surface area contributed by atoms with Gasteiger partial charge >= 0.3 is 0 Å². The zero-order valence-electron chi connectivity index (χ0n) is 15.6. The van der Waals surface area contributed by atoms with Gasteiger partial charge in [-0.05, 0) is 68.9 Å². The minimum atomic E-state index is -0.299. The van der Waals surface area contributed by atoms with Crippen LogP contribution in [-0.2, 0) is 11.2 Å². The highest BCUT2D eigenvalue weighted by molar-refractivity contribution is 5.97. The summed E-state index contributed by atoms with van der Waals surface area (Å²) in [6.45, 7) is 5.82. The molecule has 0 saturated heterocycles. The molecule has 4 nitrogen and oxygen atoms in total. The molecule has 2 amide bonds. The number of carbonyl (C=O) groups excluding carboxylic acids is 2. The topological polar surface area (TPSA) is 58.2 Å². The summed E-state index contributed by atoms with van der Waals surface area (Å²) >= 11 is 0. The number of fused-ring (bicyclic) bond motifs is 1. The zero-order valence-corrected chi connectivity index (χ0v) is 15.6. The molecular weight excluding hydrogens is 324 g/mol. The first-order valence-corrected chi connectivity index (χ1v) is 9.12. The number of hydrogen-bond acceptors (Lipinski definition) is 2. The van der Waals surface area contributed by atoms with Gasteiger partial charge in [0.2, 0.25) is 5.91 Å². The molecule has 0 radical (unpaired) electrons. The second kappa shape index (κ2) is 7.32. The molecule has 2 aromatic carbocycles. The van der Waals surface area contributed by atoms with Gasteiger partial charge in [0.15, 0.2) is 0 Å². The number of aryl methyl sites for hydroxylation is 1. The summed E-state index contributed by atoms with van der Waals surface area (Å²) < 4.78 is 0. The van der Waals surface area contributed by atoms with Crippen LogP contribution in [0.15, 0.2) is 48.5 Å². The van der Waals surface area contributed by atoms with E-state index in [2.05, 4.69) is 28.8 Å². The summed E-state index contributed by atoms with van der Waals surface area (Å²) in [7, 11) is 0. The highest BCUT2D eigenvalue weighted by Crippen LogP contribution is 2.35. The molecule has 1 aliphatic rings. The maximum Gasteiger partial charge on any atom is 0.251 e. The number of benzene rings is 2. The molecule has 0 fully saturated rings. The fourth-order valence-corrected chi connectivity index (χ4v) is 3.44. The van der Waals surface area contributed by atoms with E-state index in [-0.39, 0.29) is 23.3 Å². The average Bonchev–Trinajstić information content (AvgIpc) is 2.96. The van der Waals surface area contributed by atoms with Crippen molar-refractivity contribution in [2.45, 2.75) is 51.5 Å². The minimum absolute atomic E-state index is 0.0138. The van der Waals surface area contributed by atoms with Crippen LogP contribution in [0.1, 0.15) is 61.0 Å². The third-order valence-electron chi connectivity index (χ3n) is 4.59. The second-order valence-corrected chi connectivity index (χ2v) is 7.97. The predicted octanol–water partition coefficient (Wildman–Crippen LogP) is 4.27. The van der Waals surface area contributed by atoms with Crippen molar-refractivity contribution >= 4 is 17.5 Å². The van der Waals surface area contributed by atoms with E-state index >= 15 is 0 Å². The van der Waals surface area contributed by atoms with Crippen LogP contribution in [0.2, 0.25) is 0 Å². The van der Waals surface area contributed by atoms with Gasteiger partial charge in [0, 0.05) is 23.2 Å².